The minimum atomic E-state index is -0.226. The third kappa shape index (κ3) is 5.89. The van der Waals surface area contributed by atoms with E-state index in [4.69, 9.17) is 10.5 Å². The van der Waals surface area contributed by atoms with E-state index in [0.29, 0.717) is 32.2 Å². The van der Waals surface area contributed by atoms with Crippen LogP contribution in [0.3, 0.4) is 0 Å². The van der Waals surface area contributed by atoms with Gasteiger partial charge in [-0.1, -0.05) is 12.1 Å². The molecule has 7 nitrogen and oxygen atoms in total. The number of nitrogens with one attached hydrogen (secondary N) is 1. The highest BCUT2D eigenvalue weighted by atomic mass is 127. The highest BCUT2D eigenvalue weighted by Gasteiger charge is 2.23. The monoisotopic (exact) mass is 501 g/mol. The number of nitrogens with zero attached hydrogens (tertiary/aromatic N) is 3. The van der Waals surface area contributed by atoms with Crippen LogP contribution in [-0.4, -0.2) is 56.3 Å². The van der Waals surface area contributed by atoms with Crippen LogP contribution in [0.4, 0.5) is 10.5 Å². The van der Waals surface area contributed by atoms with Crippen LogP contribution in [0.2, 0.25) is 0 Å². The number of carbonyl (C=O) groups excluding carboxylic acids is 1. The molecule has 1 saturated heterocycles. The standard InChI is InChI=1S/C20H31N5O2.HI/c1-3-27-20(26)25-11-8-17(9-12-25)23-19(21)22-14-15-6-7-18-16(13-15)5-4-10-24(18)2;/h6-7,13,17H,3-5,8-12,14H2,1-2H3,(H3,21,22,23);1H. The van der Waals surface area contributed by atoms with E-state index in [0.717, 1.165) is 25.8 Å². The molecule has 1 aromatic rings. The second-order valence-electron chi connectivity index (χ2n) is 7.29. The first kappa shape index (κ1) is 22.6. The number of nitrogens with two attached hydrogens (primary N) is 1. The fourth-order valence-electron chi connectivity index (χ4n) is 3.79. The molecular formula is C20H32IN5O2. The molecule has 0 aromatic heterocycles. The number of aryl methyl sites for hydroxylation is 1. The van der Waals surface area contributed by atoms with Crippen molar-refractivity contribution in [2.75, 3.05) is 38.2 Å². The van der Waals surface area contributed by atoms with Gasteiger partial charge in [-0.25, -0.2) is 9.79 Å². The maximum Gasteiger partial charge on any atom is 0.409 e. The molecule has 2 aliphatic heterocycles. The lowest BCUT2D eigenvalue weighted by atomic mass is 10.00. The van der Waals surface area contributed by atoms with Crippen LogP contribution in [0.25, 0.3) is 0 Å². The van der Waals surface area contributed by atoms with E-state index in [2.05, 4.69) is 40.5 Å². The molecule has 2 aliphatic rings. The number of rotatable bonds is 4. The quantitative estimate of drug-likeness (QED) is 0.377. The molecule has 0 atom stereocenters. The highest BCUT2D eigenvalue weighted by Crippen LogP contribution is 2.27. The number of amides is 1. The Kier molecular flexibility index (Phi) is 8.65. The van der Waals surface area contributed by atoms with Gasteiger partial charge < -0.3 is 25.6 Å². The highest BCUT2D eigenvalue weighted by molar-refractivity contribution is 14.0. The van der Waals surface area contributed by atoms with Crippen LogP contribution < -0.4 is 16.0 Å². The Balaban J connectivity index is 0.00000280. The number of anilines is 1. The summed E-state index contributed by atoms with van der Waals surface area (Å²) in [5.41, 5.74) is 9.99. The molecule has 1 aromatic carbocycles. The number of aliphatic imine (C=N–C) groups is 1. The van der Waals surface area contributed by atoms with Gasteiger partial charge in [0.1, 0.15) is 0 Å². The molecule has 156 valence electrons. The molecule has 8 heteroatoms. The van der Waals surface area contributed by atoms with E-state index in [-0.39, 0.29) is 36.1 Å². The van der Waals surface area contributed by atoms with Crippen LogP contribution in [0.1, 0.15) is 37.3 Å². The Labute approximate surface area is 184 Å². The summed E-state index contributed by atoms with van der Waals surface area (Å²) in [6.45, 7) is 5.30. The van der Waals surface area contributed by atoms with Gasteiger partial charge in [-0.15, -0.1) is 24.0 Å². The number of halogens is 1. The maximum absolute atomic E-state index is 11.7. The molecule has 28 heavy (non-hydrogen) atoms. The van der Waals surface area contributed by atoms with Crippen molar-refractivity contribution in [3.8, 4) is 0 Å². The van der Waals surface area contributed by atoms with E-state index >= 15 is 0 Å². The van der Waals surface area contributed by atoms with Crippen molar-refractivity contribution in [1.82, 2.24) is 10.2 Å². The zero-order valence-electron chi connectivity index (χ0n) is 16.8. The summed E-state index contributed by atoms with van der Waals surface area (Å²) in [5, 5.41) is 3.29. The van der Waals surface area contributed by atoms with Gasteiger partial charge in [-0.05, 0) is 49.8 Å². The molecule has 0 radical (unpaired) electrons. The zero-order valence-corrected chi connectivity index (χ0v) is 19.1. The first-order chi connectivity index (χ1) is 13.1. The van der Waals surface area contributed by atoms with E-state index in [9.17, 15) is 4.79 Å². The molecule has 0 aliphatic carbocycles. The third-order valence-electron chi connectivity index (χ3n) is 5.30. The van der Waals surface area contributed by atoms with Crippen molar-refractivity contribution in [3.05, 3.63) is 29.3 Å². The van der Waals surface area contributed by atoms with Crippen molar-refractivity contribution < 1.29 is 9.53 Å². The van der Waals surface area contributed by atoms with Gasteiger partial charge >= 0.3 is 6.09 Å². The number of likely N-dealkylation sites (tertiary alicyclic amines) is 1. The molecule has 0 saturated carbocycles. The van der Waals surface area contributed by atoms with Crippen LogP contribution in [0.5, 0.6) is 0 Å². The number of carbonyl (C=O) groups is 1. The third-order valence-corrected chi connectivity index (χ3v) is 5.30. The fraction of sp³-hybridized carbons (Fsp3) is 0.600. The first-order valence-electron chi connectivity index (χ1n) is 9.88. The van der Waals surface area contributed by atoms with E-state index in [1.807, 2.05) is 6.92 Å². The molecule has 1 fully saturated rings. The van der Waals surface area contributed by atoms with Gasteiger partial charge in [-0.3, -0.25) is 0 Å². The summed E-state index contributed by atoms with van der Waals surface area (Å²) >= 11 is 0. The van der Waals surface area contributed by atoms with Gasteiger partial charge in [-0.2, -0.15) is 0 Å². The Hall–Kier alpha value is -1.71. The van der Waals surface area contributed by atoms with Crippen molar-refractivity contribution in [3.63, 3.8) is 0 Å². The van der Waals surface area contributed by atoms with E-state index in [1.54, 1.807) is 4.90 Å². The number of hydrogen-bond donors (Lipinski definition) is 2. The molecular weight excluding hydrogens is 469 g/mol. The summed E-state index contributed by atoms with van der Waals surface area (Å²) in [4.78, 5) is 20.3. The molecule has 3 rings (SSSR count). The number of fused-ring (bicyclic) bond motifs is 1. The number of guanidine groups is 1. The topological polar surface area (TPSA) is 83.2 Å². The van der Waals surface area contributed by atoms with E-state index in [1.165, 1.54) is 23.2 Å². The largest absolute Gasteiger partial charge is 0.450 e. The second kappa shape index (κ2) is 10.7. The van der Waals surface area contributed by atoms with Crippen LogP contribution in [-0.2, 0) is 17.7 Å². The van der Waals surface area contributed by atoms with Crippen LogP contribution >= 0.6 is 24.0 Å². The van der Waals surface area contributed by atoms with Crippen molar-refractivity contribution in [2.45, 2.75) is 45.2 Å². The zero-order chi connectivity index (χ0) is 19.2. The number of benzene rings is 1. The normalized spacial score (nSPS) is 17.6. The minimum absolute atomic E-state index is 0. The lowest BCUT2D eigenvalue weighted by Crippen LogP contribution is -2.48. The van der Waals surface area contributed by atoms with Crippen LogP contribution in [0, 0.1) is 0 Å². The molecule has 0 spiro atoms. The molecule has 1 amide bonds. The lowest BCUT2D eigenvalue weighted by Gasteiger charge is -2.31. The maximum atomic E-state index is 11.7. The molecule has 0 unspecified atom stereocenters. The van der Waals surface area contributed by atoms with Crippen molar-refractivity contribution in [1.29, 1.82) is 0 Å². The SMILES string of the molecule is CCOC(=O)N1CCC(NC(N)=NCc2ccc3c(c2)CCCN3C)CC1.I. The molecule has 0 bridgehead atoms. The van der Waals surface area contributed by atoms with Gasteiger partial charge in [0.15, 0.2) is 5.96 Å². The van der Waals surface area contributed by atoms with E-state index < -0.39 is 0 Å². The summed E-state index contributed by atoms with van der Waals surface area (Å²) in [7, 11) is 2.14. The average Bonchev–Trinajstić information content (AvgIpc) is 2.67. The second-order valence-corrected chi connectivity index (χ2v) is 7.29. The van der Waals surface area contributed by atoms with Crippen LogP contribution in [0.15, 0.2) is 23.2 Å². The first-order valence-corrected chi connectivity index (χ1v) is 9.88. The Morgan fingerprint density at radius 2 is 2.07 bits per heavy atom. The van der Waals surface area contributed by atoms with Gasteiger partial charge in [0.2, 0.25) is 0 Å². The molecule has 2 heterocycles. The van der Waals surface area contributed by atoms with Gasteiger partial charge in [0, 0.05) is 38.4 Å². The number of hydrogen-bond acceptors (Lipinski definition) is 4. The Morgan fingerprint density at radius 3 is 2.79 bits per heavy atom. The summed E-state index contributed by atoms with van der Waals surface area (Å²) in [6.07, 6.45) is 3.80. The summed E-state index contributed by atoms with van der Waals surface area (Å²) in [6, 6.07) is 6.82. The smallest absolute Gasteiger partial charge is 0.409 e. The molecule has 3 N–H and O–H groups in total. The van der Waals surface area contributed by atoms with Gasteiger partial charge in [0.05, 0.1) is 13.2 Å². The lowest BCUT2D eigenvalue weighted by molar-refractivity contribution is 0.0963. The Bertz CT molecular complexity index is 689. The number of ether oxygens (including phenoxy) is 1. The minimum Gasteiger partial charge on any atom is -0.450 e. The van der Waals surface area contributed by atoms with Crippen molar-refractivity contribution in [2.24, 2.45) is 10.7 Å². The summed E-state index contributed by atoms with van der Waals surface area (Å²) < 4.78 is 5.05. The predicted octanol–water partition coefficient (Wildman–Crippen LogP) is 2.71. The fourth-order valence-corrected chi connectivity index (χ4v) is 3.79. The average molecular weight is 501 g/mol. The van der Waals surface area contributed by atoms with Crippen molar-refractivity contribution >= 4 is 41.7 Å². The Morgan fingerprint density at radius 1 is 1.32 bits per heavy atom. The van der Waals surface area contributed by atoms with Gasteiger partial charge in [0.25, 0.3) is 0 Å². The predicted molar refractivity (Wildman–Crippen MR) is 124 cm³/mol. The number of piperidine rings is 1. The summed E-state index contributed by atoms with van der Waals surface area (Å²) in [5.74, 6) is 0.472.